The second kappa shape index (κ2) is 2.66. The average molecular weight is 126 g/mol. The Balaban J connectivity index is 2.48. The molecule has 50 valence electrons. The summed E-state index contributed by atoms with van der Waals surface area (Å²) in [6.45, 7) is 0.573. The largest absolute Gasteiger partial charge is 0.367 e. The Hall–Kier alpha value is -0.800. The summed E-state index contributed by atoms with van der Waals surface area (Å²) < 4.78 is 0. The van der Waals surface area contributed by atoms with Crippen molar-refractivity contribution < 1.29 is 5.21 Å². The van der Waals surface area contributed by atoms with E-state index in [1.807, 2.05) is 18.5 Å². The average Bonchev–Trinajstić information content (AvgIpc) is 2.15. The lowest BCUT2D eigenvalue weighted by molar-refractivity contribution is -0.0731. The van der Waals surface area contributed by atoms with Crippen LogP contribution in [0.25, 0.3) is 0 Å². The van der Waals surface area contributed by atoms with Crippen LogP contribution in [0.1, 0.15) is 5.56 Å². The van der Waals surface area contributed by atoms with Crippen molar-refractivity contribution in [3.8, 4) is 0 Å². The number of nitrogens with one attached hydrogen (secondary N) is 1. The van der Waals surface area contributed by atoms with Gasteiger partial charge in [-0.05, 0) is 11.6 Å². The van der Waals surface area contributed by atoms with E-state index >= 15 is 0 Å². The number of aromatic amines is 1. The lowest BCUT2D eigenvalue weighted by atomic mass is 10.3. The van der Waals surface area contributed by atoms with Crippen LogP contribution in [0.4, 0.5) is 0 Å². The van der Waals surface area contributed by atoms with Crippen LogP contribution in [0.15, 0.2) is 18.5 Å². The summed E-state index contributed by atoms with van der Waals surface area (Å²) in [7, 11) is 1.62. The molecule has 1 heterocycles. The van der Waals surface area contributed by atoms with Gasteiger partial charge in [-0.15, -0.1) is 0 Å². The molecule has 0 unspecified atom stereocenters. The van der Waals surface area contributed by atoms with Crippen LogP contribution in [-0.4, -0.2) is 22.3 Å². The SMILES string of the molecule is CN(O)Cc1cc[nH]c1. The molecule has 3 nitrogen and oxygen atoms in total. The Kier molecular flexibility index (Phi) is 1.87. The molecule has 0 aromatic carbocycles. The molecule has 1 aromatic rings. The van der Waals surface area contributed by atoms with E-state index in [0.717, 1.165) is 10.6 Å². The molecule has 0 bridgehead atoms. The van der Waals surface area contributed by atoms with Crippen LogP contribution in [0.3, 0.4) is 0 Å². The fraction of sp³-hybridized carbons (Fsp3) is 0.333. The van der Waals surface area contributed by atoms with Crippen LogP contribution in [0.2, 0.25) is 0 Å². The molecule has 2 N–H and O–H groups in total. The normalized spacial score (nSPS) is 10.6. The predicted molar refractivity (Wildman–Crippen MR) is 34.0 cm³/mol. The smallest absolute Gasteiger partial charge is 0.0500 e. The van der Waals surface area contributed by atoms with Crippen LogP contribution < -0.4 is 0 Å². The highest BCUT2D eigenvalue weighted by Gasteiger charge is 1.93. The molecular weight excluding hydrogens is 116 g/mol. The summed E-state index contributed by atoms with van der Waals surface area (Å²) in [6.07, 6.45) is 3.69. The minimum absolute atomic E-state index is 0.573. The molecule has 9 heavy (non-hydrogen) atoms. The number of rotatable bonds is 2. The molecule has 0 amide bonds. The van der Waals surface area contributed by atoms with Crippen molar-refractivity contribution in [2.45, 2.75) is 6.54 Å². The first-order chi connectivity index (χ1) is 4.29. The van der Waals surface area contributed by atoms with E-state index in [2.05, 4.69) is 4.98 Å². The Morgan fingerprint density at radius 2 is 2.56 bits per heavy atom. The highest BCUT2D eigenvalue weighted by molar-refractivity contribution is 5.07. The standard InChI is InChI=1S/C6H10N2O/c1-8(9)5-6-2-3-7-4-6/h2-4,7,9H,5H2,1H3. The Morgan fingerprint density at radius 1 is 1.78 bits per heavy atom. The predicted octanol–water partition coefficient (Wildman–Crippen LogP) is 0.836. The maximum Gasteiger partial charge on any atom is 0.0500 e. The minimum Gasteiger partial charge on any atom is -0.367 e. The lowest BCUT2D eigenvalue weighted by Crippen LogP contribution is -2.10. The van der Waals surface area contributed by atoms with Crippen molar-refractivity contribution in [3.05, 3.63) is 24.0 Å². The monoisotopic (exact) mass is 126 g/mol. The van der Waals surface area contributed by atoms with E-state index in [4.69, 9.17) is 5.21 Å². The van der Waals surface area contributed by atoms with Crippen LogP contribution in [0, 0.1) is 0 Å². The lowest BCUT2D eigenvalue weighted by Gasteiger charge is -2.03. The van der Waals surface area contributed by atoms with E-state index in [1.165, 1.54) is 0 Å². The first-order valence-corrected chi connectivity index (χ1v) is 2.81. The third-order valence-electron chi connectivity index (χ3n) is 1.07. The maximum atomic E-state index is 8.74. The van der Waals surface area contributed by atoms with Gasteiger partial charge in [0.15, 0.2) is 0 Å². The third kappa shape index (κ3) is 1.87. The van der Waals surface area contributed by atoms with Crippen molar-refractivity contribution >= 4 is 0 Å². The van der Waals surface area contributed by atoms with Gasteiger partial charge in [0.05, 0.1) is 0 Å². The minimum atomic E-state index is 0.573. The first-order valence-electron chi connectivity index (χ1n) is 2.81. The number of hydroxylamine groups is 2. The van der Waals surface area contributed by atoms with Gasteiger partial charge in [-0.3, -0.25) is 0 Å². The highest BCUT2D eigenvalue weighted by Crippen LogP contribution is 1.97. The van der Waals surface area contributed by atoms with Gasteiger partial charge >= 0.3 is 0 Å². The zero-order valence-corrected chi connectivity index (χ0v) is 5.33. The molecule has 0 fully saturated rings. The molecule has 3 heteroatoms. The summed E-state index contributed by atoms with van der Waals surface area (Å²) in [5.41, 5.74) is 1.08. The fourth-order valence-corrected chi connectivity index (χ4v) is 0.721. The van der Waals surface area contributed by atoms with Crippen LogP contribution >= 0.6 is 0 Å². The van der Waals surface area contributed by atoms with Crippen molar-refractivity contribution in [3.63, 3.8) is 0 Å². The Labute approximate surface area is 53.9 Å². The van der Waals surface area contributed by atoms with Gasteiger partial charge in [0, 0.05) is 26.0 Å². The number of hydrogen-bond acceptors (Lipinski definition) is 2. The fourth-order valence-electron chi connectivity index (χ4n) is 0.721. The Morgan fingerprint density at radius 3 is 3.00 bits per heavy atom. The summed E-state index contributed by atoms with van der Waals surface area (Å²) in [4.78, 5) is 2.90. The molecule has 0 spiro atoms. The van der Waals surface area contributed by atoms with Crippen molar-refractivity contribution in [1.82, 2.24) is 10.0 Å². The molecular formula is C6H10N2O. The molecule has 0 aliphatic rings. The van der Waals surface area contributed by atoms with E-state index in [-0.39, 0.29) is 0 Å². The molecule has 0 saturated carbocycles. The summed E-state index contributed by atoms with van der Waals surface area (Å²) in [5, 5.41) is 9.89. The number of hydrogen-bond donors (Lipinski definition) is 2. The zero-order valence-electron chi connectivity index (χ0n) is 5.33. The number of aromatic nitrogens is 1. The third-order valence-corrected chi connectivity index (χ3v) is 1.07. The Bertz CT molecular complexity index is 158. The topological polar surface area (TPSA) is 39.3 Å². The molecule has 0 radical (unpaired) electrons. The quantitative estimate of drug-likeness (QED) is 0.576. The van der Waals surface area contributed by atoms with Crippen molar-refractivity contribution in [2.75, 3.05) is 7.05 Å². The molecule has 0 saturated heterocycles. The molecule has 0 aliphatic carbocycles. The van der Waals surface area contributed by atoms with Gasteiger partial charge < -0.3 is 10.2 Å². The summed E-state index contributed by atoms with van der Waals surface area (Å²) >= 11 is 0. The van der Waals surface area contributed by atoms with Gasteiger partial charge in [-0.1, -0.05) is 0 Å². The van der Waals surface area contributed by atoms with E-state index in [0.29, 0.717) is 6.54 Å². The number of nitrogens with zero attached hydrogens (tertiary/aromatic N) is 1. The van der Waals surface area contributed by atoms with Gasteiger partial charge in [0.2, 0.25) is 0 Å². The summed E-state index contributed by atoms with van der Waals surface area (Å²) in [5.74, 6) is 0. The zero-order chi connectivity index (χ0) is 6.69. The maximum absolute atomic E-state index is 8.74. The molecule has 1 rings (SSSR count). The van der Waals surface area contributed by atoms with Gasteiger partial charge in [0.1, 0.15) is 0 Å². The molecule has 0 atom stereocenters. The van der Waals surface area contributed by atoms with Gasteiger partial charge in [-0.25, -0.2) is 0 Å². The van der Waals surface area contributed by atoms with Gasteiger partial charge in [-0.2, -0.15) is 5.06 Å². The van der Waals surface area contributed by atoms with E-state index in [9.17, 15) is 0 Å². The second-order valence-electron chi connectivity index (χ2n) is 2.04. The van der Waals surface area contributed by atoms with E-state index < -0.39 is 0 Å². The second-order valence-corrected chi connectivity index (χ2v) is 2.04. The van der Waals surface area contributed by atoms with Gasteiger partial charge in [0.25, 0.3) is 0 Å². The summed E-state index contributed by atoms with van der Waals surface area (Å²) in [6, 6.07) is 1.92. The molecule has 0 aliphatic heterocycles. The van der Waals surface area contributed by atoms with Crippen molar-refractivity contribution in [2.24, 2.45) is 0 Å². The highest BCUT2D eigenvalue weighted by atomic mass is 16.5. The van der Waals surface area contributed by atoms with E-state index in [1.54, 1.807) is 7.05 Å². The first kappa shape index (κ1) is 6.32. The molecule has 1 aromatic heterocycles. The van der Waals surface area contributed by atoms with Crippen LogP contribution in [0.5, 0.6) is 0 Å². The van der Waals surface area contributed by atoms with Crippen LogP contribution in [-0.2, 0) is 6.54 Å². The number of H-pyrrole nitrogens is 1. The van der Waals surface area contributed by atoms with Crippen molar-refractivity contribution in [1.29, 1.82) is 0 Å².